The van der Waals surface area contributed by atoms with Gasteiger partial charge < -0.3 is 14.8 Å². The Morgan fingerprint density at radius 3 is 2.76 bits per heavy atom. The predicted molar refractivity (Wildman–Crippen MR) is 76.6 cm³/mol. The zero-order valence-electron chi connectivity index (χ0n) is 13.8. The van der Waals surface area contributed by atoms with Gasteiger partial charge in [0.15, 0.2) is 0 Å². The molecule has 3 saturated heterocycles. The Balaban J connectivity index is 0.00000225. The van der Waals surface area contributed by atoms with Crippen molar-refractivity contribution in [1.29, 1.82) is 0 Å². The number of nitrogens with zero attached hydrogens (tertiary/aromatic N) is 2. The maximum Gasteiger partial charge on any atom is 1.00 e. The first kappa shape index (κ1) is 20.8. The van der Waals surface area contributed by atoms with Crippen LogP contribution in [0.3, 0.4) is 0 Å². The third-order valence-corrected chi connectivity index (χ3v) is 4.79. The fraction of sp³-hybridized carbons (Fsp3) is 0.833. The minimum atomic E-state index is -5.04. The van der Waals surface area contributed by atoms with E-state index in [9.17, 15) is 22.6 Å². The standard InChI is InChI=1S/C12H20N4O7S.Na/c17-11(14-22-7-8-3-4-13-5-8)10-2-1-9-6-15(10)12(18)16(9)23-24(19,20)21;/h8-10,13H,1-7H2,(H,14,17)(H,19,20,21);/q;+1/p-1/t8-,9-,10+;/m1./s1. The number of urea groups is 1. The number of piperidine rings is 1. The van der Waals surface area contributed by atoms with Crippen molar-refractivity contribution in [3.63, 3.8) is 0 Å². The summed E-state index contributed by atoms with van der Waals surface area (Å²) in [6.07, 6.45) is 1.65. The molecule has 0 spiro atoms. The normalized spacial score (nSPS) is 28.8. The van der Waals surface area contributed by atoms with Gasteiger partial charge in [-0.15, -0.1) is 0 Å². The van der Waals surface area contributed by atoms with Gasteiger partial charge in [0.2, 0.25) is 10.4 Å². The summed E-state index contributed by atoms with van der Waals surface area (Å²) in [5.74, 6) is -0.139. The zero-order valence-corrected chi connectivity index (χ0v) is 16.7. The Bertz CT molecular complexity index is 613. The van der Waals surface area contributed by atoms with Gasteiger partial charge in [0, 0.05) is 13.1 Å². The Kier molecular flexibility index (Phi) is 7.07. The molecule has 0 saturated carbocycles. The number of nitrogens with one attached hydrogen (secondary N) is 2. The molecule has 0 unspecified atom stereocenters. The van der Waals surface area contributed by atoms with E-state index in [0.29, 0.717) is 30.4 Å². The van der Waals surface area contributed by atoms with Crippen LogP contribution in [0.2, 0.25) is 0 Å². The van der Waals surface area contributed by atoms with Gasteiger partial charge in [0.1, 0.15) is 6.04 Å². The van der Waals surface area contributed by atoms with Crippen LogP contribution >= 0.6 is 0 Å². The maximum atomic E-state index is 12.2. The molecule has 0 aromatic carbocycles. The minimum absolute atomic E-state index is 0. The summed E-state index contributed by atoms with van der Waals surface area (Å²) in [7, 11) is -5.04. The zero-order chi connectivity index (χ0) is 17.3. The minimum Gasteiger partial charge on any atom is -0.724 e. The summed E-state index contributed by atoms with van der Waals surface area (Å²) in [5.41, 5.74) is 2.35. The van der Waals surface area contributed by atoms with Gasteiger partial charge in [0.05, 0.1) is 12.6 Å². The van der Waals surface area contributed by atoms with Crippen molar-refractivity contribution in [2.75, 3.05) is 26.2 Å². The molecule has 3 rings (SSSR count). The summed E-state index contributed by atoms with van der Waals surface area (Å²) >= 11 is 0. The van der Waals surface area contributed by atoms with E-state index in [1.54, 1.807) is 0 Å². The summed E-state index contributed by atoms with van der Waals surface area (Å²) in [6, 6.07) is -2.15. The number of hydrogen-bond donors (Lipinski definition) is 2. The van der Waals surface area contributed by atoms with Crippen LogP contribution < -0.4 is 40.4 Å². The van der Waals surface area contributed by atoms with Crippen LogP contribution in [-0.2, 0) is 24.3 Å². The molecule has 13 heteroatoms. The molecule has 136 valence electrons. The van der Waals surface area contributed by atoms with E-state index in [4.69, 9.17) is 4.84 Å². The third-order valence-electron chi connectivity index (χ3n) is 4.45. The second-order valence-corrected chi connectivity index (χ2v) is 7.09. The molecule has 2 N–H and O–H groups in total. The predicted octanol–water partition coefficient (Wildman–Crippen LogP) is -4.69. The first-order chi connectivity index (χ1) is 11.3. The number of fused-ring (bicyclic) bond motifs is 2. The van der Waals surface area contributed by atoms with Gasteiger partial charge in [-0.2, -0.15) is 9.35 Å². The molecule has 25 heavy (non-hydrogen) atoms. The van der Waals surface area contributed by atoms with E-state index >= 15 is 0 Å². The molecule has 0 radical (unpaired) electrons. The van der Waals surface area contributed by atoms with Crippen molar-refractivity contribution < 1.29 is 61.2 Å². The van der Waals surface area contributed by atoms with Gasteiger partial charge in [-0.3, -0.25) is 9.63 Å². The molecule has 3 atom stereocenters. The first-order valence-corrected chi connectivity index (χ1v) is 9.06. The van der Waals surface area contributed by atoms with Crippen molar-refractivity contribution in [2.45, 2.75) is 31.3 Å². The number of carbonyl (C=O) groups is 2. The van der Waals surface area contributed by atoms with Gasteiger partial charge in [-0.1, -0.05) is 0 Å². The number of hydrogen-bond acceptors (Lipinski definition) is 8. The summed E-state index contributed by atoms with van der Waals surface area (Å²) in [4.78, 5) is 30.8. The summed E-state index contributed by atoms with van der Waals surface area (Å²) in [5, 5.41) is 3.73. The van der Waals surface area contributed by atoms with E-state index in [1.807, 2.05) is 0 Å². The molecule has 2 bridgehead atoms. The Morgan fingerprint density at radius 2 is 2.12 bits per heavy atom. The molecule has 0 aliphatic carbocycles. The van der Waals surface area contributed by atoms with Crippen LogP contribution in [0.25, 0.3) is 0 Å². The average Bonchev–Trinajstić information content (AvgIpc) is 3.10. The SMILES string of the molecule is O=C(NOC[C@@H]1CCNC1)[C@@H]1CC[C@@H]2CN1C(=O)N2OS(=O)(=O)[O-].[Na+]. The summed E-state index contributed by atoms with van der Waals surface area (Å²) < 4.78 is 36.3. The van der Waals surface area contributed by atoms with Crippen LogP contribution in [0.4, 0.5) is 4.79 Å². The second kappa shape index (κ2) is 8.48. The number of amides is 3. The quantitative estimate of drug-likeness (QED) is 0.201. The largest absolute Gasteiger partial charge is 1.00 e. The Hall–Kier alpha value is -0.470. The number of carbonyl (C=O) groups excluding carboxylic acids is 2. The smallest absolute Gasteiger partial charge is 0.724 e. The van der Waals surface area contributed by atoms with Crippen LogP contribution in [0.1, 0.15) is 19.3 Å². The number of hydroxylamine groups is 3. The van der Waals surface area contributed by atoms with Gasteiger partial charge >= 0.3 is 35.6 Å². The van der Waals surface area contributed by atoms with Crippen molar-refractivity contribution in [1.82, 2.24) is 20.8 Å². The fourth-order valence-electron chi connectivity index (χ4n) is 3.26. The monoisotopic (exact) mass is 386 g/mol. The van der Waals surface area contributed by atoms with E-state index < -0.39 is 34.4 Å². The topological polar surface area (TPSA) is 140 Å². The Labute approximate surface area is 167 Å². The second-order valence-electron chi connectivity index (χ2n) is 6.13. The first-order valence-electron chi connectivity index (χ1n) is 7.73. The van der Waals surface area contributed by atoms with Crippen molar-refractivity contribution in [2.24, 2.45) is 5.92 Å². The molecule has 3 amide bonds. The van der Waals surface area contributed by atoms with Crippen LogP contribution in [0.5, 0.6) is 0 Å². The number of rotatable bonds is 6. The van der Waals surface area contributed by atoms with Crippen LogP contribution in [-0.4, -0.2) is 73.2 Å². The molecule has 0 aromatic heterocycles. The molecule has 3 aliphatic heterocycles. The van der Waals surface area contributed by atoms with E-state index in [1.165, 1.54) is 4.90 Å². The fourth-order valence-corrected chi connectivity index (χ4v) is 3.64. The van der Waals surface area contributed by atoms with Crippen LogP contribution in [0.15, 0.2) is 0 Å². The van der Waals surface area contributed by atoms with Gasteiger partial charge in [-0.25, -0.2) is 18.7 Å². The van der Waals surface area contributed by atoms with Crippen molar-refractivity contribution in [3.8, 4) is 0 Å². The van der Waals surface area contributed by atoms with E-state index in [-0.39, 0.29) is 36.1 Å². The molecule has 3 fully saturated rings. The van der Waals surface area contributed by atoms with Crippen LogP contribution in [0, 0.1) is 5.92 Å². The molecular weight excluding hydrogens is 367 g/mol. The van der Waals surface area contributed by atoms with Crippen molar-refractivity contribution >= 4 is 22.3 Å². The third kappa shape index (κ3) is 5.04. The van der Waals surface area contributed by atoms with Gasteiger partial charge in [0.25, 0.3) is 5.91 Å². The molecule has 3 aliphatic rings. The van der Waals surface area contributed by atoms with Gasteiger partial charge in [-0.05, 0) is 31.7 Å². The van der Waals surface area contributed by atoms with E-state index in [0.717, 1.165) is 19.5 Å². The van der Waals surface area contributed by atoms with E-state index in [2.05, 4.69) is 15.1 Å². The molecule has 3 heterocycles. The molecular formula is C12H19N4NaO7S. The molecule has 11 nitrogen and oxygen atoms in total. The maximum absolute atomic E-state index is 12.2. The average molecular weight is 386 g/mol. The summed E-state index contributed by atoms with van der Waals surface area (Å²) in [6.45, 7) is 2.26. The van der Waals surface area contributed by atoms with Crippen molar-refractivity contribution in [3.05, 3.63) is 0 Å². The molecule has 0 aromatic rings. The Morgan fingerprint density at radius 1 is 1.36 bits per heavy atom.